The van der Waals surface area contributed by atoms with Crippen molar-refractivity contribution in [3.8, 4) is 32.3 Å². The third kappa shape index (κ3) is 2.74. The Labute approximate surface area is 207 Å². The number of fused-ring (bicyclic) bond motifs is 6. The van der Waals surface area contributed by atoms with Crippen LogP contribution in [0.3, 0.4) is 0 Å². The Bertz CT molecular complexity index is 1930. The number of aromatic amines is 1. The molecule has 8 aromatic rings. The van der Waals surface area contributed by atoms with Gasteiger partial charge in [-0.1, -0.05) is 66.7 Å². The van der Waals surface area contributed by atoms with Crippen molar-refractivity contribution in [3.05, 3.63) is 91.0 Å². The first-order valence-corrected chi connectivity index (χ1v) is 12.4. The van der Waals surface area contributed by atoms with E-state index in [1.54, 1.807) is 11.3 Å². The third-order valence-electron chi connectivity index (χ3n) is 6.64. The Kier molecular flexibility index (Phi) is 4.00. The Morgan fingerprint density at radius 2 is 1.22 bits per heavy atom. The first-order chi connectivity index (χ1) is 17.8. The molecule has 0 atom stereocenters. The van der Waals surface area contributed by atoms with E-state index in [-0.39, 0.29) is 0 Å². The summed E-state index contributed by atoms with van der Waals surface area (Å²) in [7, 11) is 0. The van der Waals surface area contributed by atoms with Crippen molar-refractivity contribution in [1.82, 2.24) is 20.6 Å². The van der Waals surface area contributed by atoms with Crippen LogP contribution in [0.15, 0.2) is 99.8 Å². The third-order valence-corrected chi connectivity index (χ3v) is 7.81. The Hall–Kier alpha value is -4.75. The van der Waals surface area contributed by atoms with E-state index in [1.807, 2.05) is 36.4 Å². The smallest absolute Gasteiger partial charge is 0.214 e. The van der Waals surface area contributed by atoms with E-state index in [0.29, 0.717) is 5.82 Å². The molecule has 0 fully saturated rings. The van der Waals surface area contributed by atoms with Crippen LogP contribution in [0.4, 0.5) is 0 Å². The van der Waals surface area contributed by atoms with Gasteiger partial charge in [0.05, 0.1) is 4.88 Å². The molecule has 0 aliphatic heterocycles. The zero-order valence-corrected chi connectivity index (χ0v) is 19.5. The maximum Gasteiger partial charge on any atom is 0.214 e. The van der Waals surface area contributed by atoms with Gasteiger partial charge in [-0.2, -0.15) is 5.21 Å². The predicted octanol–water partition coefficient (Wildman–Crippen LogP) is 8.06. The minimum absolute atomic E-state index is 0.557. The van der Waals surface area contributed by atoms with Gasteiger partial charge in [-0.15, -0.1) is 21.5 Å². The number of furan rings is 2. The van der Waals surface area contributed by atoms with Crippen molar-refractivity contribution in [2.75, 3.05) is 0 Å². The van der Waals surface area contributed by atoms with E-state index in [0.717, 1.165) is 70.3 Å². The first-order valence-electron chi connectivity index (χ1n) is 11.5. The maximum absolute atomic E-state index is 6.40. The molecule has 7 heteroatoms. The summed E-state index contributed by atoms with van der Waals surface area (Å²) in [6.07, 6.45) is 0. The number of thiophene rings is 1. The standard InChI is InChI=1S/C29H16N4O2S/c1-3-13-23-16(7-1)18-9-5-11-20(26(18)34-23)22-15-25(29-30-32-33-31-29)36-28(22)21-12-6-10-19-17-8-2-4-14-24(17)35-27(19)21/h1-15H,(H,30,31,32,33). The van der Waals surface area contributed by atoms with Gasteiger partial charge in [0.25, 0.3) is 0 Å². The van der Waals surface area contributed by atoms with E-state index in [4.69, 9.17) is 8.83 Å². The van der Waals surface area contributed by atoms with Crippen molar-refractivity contribution < 1.29 is 8.83 Å². The van der Waals surface area contributed by atoms with Crippen LogP contribution in [-0.4, -0.2) is 20.6 Å². The normalized spacial score (nSPS) is 11.9. The lowest BCUT2D eigenvalue weighted by Crippen LogP contribution is -1.81. The number of nitrogens with one attached hydrogen (secondary N) is 1. The molecule has 170 valence electrons. The summed E-state index contributed by atoms with van der Waals surface area (Å²) >= 11 is 1.62. The average molecular weight is 485 g/mol. The number of aromatic nitrogens is 4. The molecule has 6 nitrogen and oxygen atoms in total. The minimum atomic E-state index is 0.557. The highest BCUT2D eigenvalue weighted by atomic mass is 32.1. The summed E-state index contributed by atoms with van der Waals surface area (Å²) in [6, 6.07) is 31.0. The molecule has 1 N–H and O–H groups in total. The number of benzene rings is 4. The van der Waals surface area contributed by atoms with Crippen LogP contribution >= 0.6 is 11.3 Å². The van der Waals surface area contributed by atoms with Gasteiger partial charge in [-0.3, -0.25) is 0 Å². The molecule has 0 spiro atoms. The Morgan fingerprint density at radius 3 is 1.89 bits per heavy atom. The quantitative estimate of drug-likeness (QED) is 0.274. The van der Waals surface area contributed by atoms with Crippen molar-refractivity contribution in [2.45, 2.75) is 0 Å². The van der Waals surface area contributed by atoms with Gasteiger partial charge < -0.3 is 8.83 Å². The Balaban J connectivity index is 1.46. The molecule has 0 aliphatic carbocycles. The number of H-pyrrole nitrogens is 1. The largest absolute Gasteiger partial charge is 0.455 e. The number of nitrogens with zero attached hydrogens (tertiary/aromatic N) is 3. The number of tetrazole rings is 1. The fourth-order valence-electron chi connectivity index (χ4n) is 5.05. The van der Waals surface area contributed by atoms with Crippen LogP contribution in [0, 0.1) is 0 Å². The van der Waals surface area contributed by atoms with Crippen LogP contribution in [0.25, 0.3) is 76.1 Å². The minimum Gasteiger partial charge on any atom is -0.455 e. The molecule has 36 heavy (non-hydrogen) atoms. The molecule has 4 aromatic carbocycles. The SMILES string of the molecule is c1ccc2c(c1)oc1c(-c3cc(-c4nn[nH]n4)sc3-c3cccc4c3oc3ccccc34)cccc12. The molecule has 8 rings (SSSR count). The zero-order valence-electron chi connectivity index (χ0n) is 18.7. The van der Waals surface area contributed by atoms with Gasteiger partial charge in [-0.25, -0.2) is 0 Å². The lowest BCUT2D eigenvalue weighted by atomic mass is 9.99. The zero-order chi connectivity index (χ0) is 23.6. The molecule has 4 heterocycles. The highest BCUT2D eigenvalue weighted by molar-refractivity contribution is 7.19. The van der Waals surface area contributed by atoms with Gasteiger partial charge in [-0.05, 0) is 29.5 Å². The summed E-state index contributed by atoms with van der Waals surface area (Å²) in [5.41, 5.74) is 6.53. The van der Waals surface area contributed by atoms with E-state index in [9.17, 15) is 0 Å². The van der Waals surface area contributed by atoms with E-state index >= 15 is 0 Å². The lowest BCUT2D eigenvalue weighted by Gasteiger charge is -2.06. The molecule has 0 saturated heterocycles. The van der Waals surface area contributed by atoms with Crippen LogP contribution in [-0.2, 0) is 0 Å². The maximum atomic E-state index is 6.40. The fraction of sp³-hybridized carbons (Fsp3) is 0. The summed E-state index contributed by atoms with van der Waals surface area (Å²) in [6.45, 7) is 0. The summed E-state index contributed by atoms with van der Waals surface area (Å²) in [4.78, 5) is 1.97. The van der Waals surface area contributed by atoms with Crippen molar-refractivity contribution >= 4 is 55.2 Å². The molecular formula is C29H16N4O2S. The van der Waals surface area contributed by atoms with Crippen LogP contribution in [0.2, 0.25) is 0 Å². The molecule has 0 radical (unpaired) electrons. The summed E-state index contributed by atoms with van der Waals surface area (Å²) in [5, 5.41) is 19.2. The second-order valence-electron chi connectivity index (χ2n) is 8.65. The van der Waals surface area contributed by atoms with Crippen molar-refractivity contribution in [3.63, 3.8) is 0 Å². The first kappa shape index (κ1) is 19.5. The van der Waals surface area contributed by atoms with Gasteiger partial charge in [0, 0.05) is 43.1 Å². The van der Waals surface area contributed by atoms with Crippen LogP contribution < -0.4 is 0 Å². The second kappa shape index (κ2) is 7.37. The molecule has 0 aliphatic rings. The highest BCUT2D eigenvalue weighted by Crippen LogP contribution is 2.48. The molecule has 0 bridgehead atoms. The topological polar surface area (TPSA) is 80.7 Å². The van der Waals surface area contributed by atoms with Gasteiger partial charge >= 0.3 is 0 Å². The highest BCUT2D eigenvalue weighted by Gasteiger charge is 2.23. The fourth-order valence-corrected chi connectivity index (χ4v) is 6.18. The van der Waals surface area contributed by atoms with E-state index < -0.39 is 0 Å². The van der Waals surface area contributed by atoms with Gasteiger partial charge in [0.1, 0.15) is 22.3 Å². The van der Waals surface area contributed by atoms with Crippen LogP contribution in [0.5, 0.6) is 0 Å². The van der Waals surface area contributed by atoms with E-state index in [2.05, 4.69) is 75.2 Å². The average Bonchev–Trinajstić information content (AvgIpc) is 3.72. The van der Waals surface area contributed by atoms with Gasteiger partial charge in [0.2, 0.25) is 5.82 Å². The molecule has 0 saturated carbocycles. The number of hydrogen-bond acceptors (Lipinski definition) is 6. The number of para-hydroxylation sites is 4. The van der Waals surface area contributed by atoms with E-state index in [1.165, 1.54) is 0 Å². The number of hydrogen-bond donors (Lipinski definition) is 1. The number of rotatable bonds is 3. The van der Waals surface area contributed by atoms with Crippen molar-refractivity contribution in [1.29, 1.82) is 0 Å². The lowest BCUT2D eigenvalue weighted by molar-refractivity contribution is 0.669. The van der Waals surface area contributed by atoms with Crippen LogP contribution in [0.1, 0.15) is 0 Å². The Morgan fingerprint density at radius 1 is 0.611 bits per heavy atom. The second-order valence-corrected chi connectivity index (χ2v) is 9.70. The molecular weight excluding hydrogens is 468 g/mol. The van der Waals surface area contributed by atoms with Gasteiger partial charge in [0.15, 0.2) is 0 Å². The monoisotopic (exact) mass is 484 g/mol. The molecule has 0 amide bonds. The summed E-state index contributed by atoms with van der Waals surface area (Å²) in [5.74, 6) is 0.557. The van der Waals surface area contributed by atoms with Crippen molar-refractivity contribution in [2.24, 2.45) is 0 Å². The predicted molar refractivity (Wildman–Crippen MR) is 143 cm³/mol. The molecule has 4 aromatic heterocycles. The summed E-state index contributed by atoms with van der Waals surface area (Å²) < 4.78 is 12.8. The molecule has 0 unspecified atom stereocenters.